The van der Waals surface area contributed by atoms with Crippen LogP contribution in [0.25, 0.3) is 0 Å². The summed E-state index contributed by atoms with van der Waals surface area (Å²) in [7, 11) is 1.70. The lowest BCUT2D eigenvalue weighted by atomic mass is 10.1. The van der Waals surface area contributed by atoms with Gasteiger partial charge in [-0.1, -0.05) is 44.2 Å². The van der Waals surface area contributed by atoms with Gasteiger partial charge in [0.25, 0.3) is 0 Å². The van der Waals surface area contributed by atoms with E-state index in [1.165, 1.54) is 0 Å². The molecule has 1 atom stereocenters. The minimum atomic E-state index is -0.160. The van der Waals surface area contributed by atoms with E-state index in [0.717, 1.165) is 17.9 Å². The van der Waals surface area contributed by atoms with E-state index in [9.17, 15) is 0 Å². The van der Waals surface area contributed by atoms with Crippen LogP contribution in [0.5, 0.6) is 0 Å². The summed E-state index contributed by atoms with van der Waals surface area (Å²) in [5.41, 5.74) is 1.10. The summed E-state index contributed by atoms with van der Waals surface area (Å²) in [5, 5.41) is 8.21. The minimum absolute atomic E-state index is 0.160. The predicted molar refractivity (Wildman–Crippen MR) is 70.2 cm³/mol. The van der Waals surface area contributed by atoms with E-state index < -0.39 is 0 Å². The number of benzene rings is 1. The van der Waals surface area contributed by atoms with E-state index in [2.05, 4.69) is 28.6 Å². The Bertz CT molecular complexity index is 479. The number of rotatable bonds is 5. The Kier molecular flexibility index (Phi) is 4.10. The molecule has 1 aromatic carbocycles. The molecule has 1 aromatic heterocycles. The third-order valence-electron chi connectivity index (χ3n) is 2.78. The third kappa shape index (κ3) is 2.76. The third-order valence-corrected chi connectivity index (χ3v) is 2.78. The molecule has 0 radical (unpaired) electrons. The molecule has 0 aliphatic rings. The number of hydrogen-bond acceptors (Lipinski definition) is 3. The van der Waals surface area contributed by atoms with E-state index in [1.54, 1.807) is 13.4 Å². The molecule has 1 heterocycles. The first kappa shape index (κ1) is 12.8. The van der Waals surface area contributed by atoms with Crippen molar-refractivity contribution < 1.29 is 4.74 Å². The summed E-state index contributed by atoms with van der Waals surface area (Å²) < 4.78 is 7.64. The lowest BCUT2D eigenvalue weighted by Crippen LogP contribution is -2.14. The molecule has 0 bridgehead atoms. The molecule has 4 nitrogen and oxygen atoms in total. The first-order valence-corrected chi connectivity index (χ1v) is 6.17. The molecule has 0 saturated heterocycles. The van der Waals surface area contributed by atoms with Crippen molar-refractivity contribution in [2.24, 2.45) is 5.92 Å². The summed E-state index contributed by atoms with van der Waals surface area (Å²) >= 11 is 0. The SMILES string of the molecule is COC(c1ccccc1)c1nncn1CC(C)C. The Morgan fingerprint density at radius 1 is 1.22 bits per heavy atom. The largest absolute Gasteiger partial charge is 0.369 e. The molecule has 0 saturated carbocycles. The van der Waals surface area contributed by atoms with Crippen LogP contribution in [0.1, 0.15) is 31.3 Å². The number of methoxy groups -OCH3 is 1. The molecular weight excluding hydrogens is 226 g/mol. The second-order valence-electron chi connectivity index (χ2n) is 4.76. The highest BCUT2D eigenvalue weighted by atomic mass is 16.5. The maximum absolute atomic E-state index is 5.58. The number of nitrogens with zero attached hydrogens (tertiary/aromatic N) is 3. The van der Waals surface area contributed by atoms with Crippen molar-refractivity contribution in [1.29, 1.82) is 0 Å². The predicted octanol–water partition coefficient (Wildman–Crippen LogP) is 2.67. The summed E-state index contributed by atoms with van der Waals surface area (Å²) in [6.45, 7) is 5.25. The van der Waals surface area contributed by atoms with Gasteiger partial charge < -0.3 is 9.30 Å². The van der Waals surface area contributed by atoms with Crippen molar-refractivity contribution in [3.8, 4) is 0 Å². The van der Waals surface area contributed by atoms with E-state index in [1.807, 2.05) is 30.3 Å². The van der Waals surface area contributed by atoms with E-state index in [4.69, 9.17) is 4.74 Å². The van der Waals surface area contributed by atoms with Gasteiger partial charge in [-0.05, 0) is 11.5 Å². The van der Waals surface area contributed by atoms with Crippen molar-refractivity contribution in [3.05, 3.63) is 48.0 Å². The van der Waals surface area contributed by atoms with Crippen LogP contribution in [0.3, 0.4) is 0 Å². The Morgan fingerprint density at radius 3 is 2.56 bits per heavy atom. The van der Waals surface area contributed by atoms with Gasteiger partial charge in [-0.15, -0.1) is 10.2 Å². The second-order valence-corrected chi connectivity index (χ2v) is 4.76. The topological polar surface area (TPSA) is 39.9 Å². The van der Waals surface area contributed by atoms with Gasteiger partial charge in [0.2, 0.25) is 0 Å². The quantitative estimate of drug-likeness (QED) is 0.813. The zero-order valence-electron chi connectivity index (χ0n) is 11.1. The van der Waals surface area contributed by atoms with Crippen LogP contribution in [0.15, 0.2) is 36.7 Å². The van der Waals surface area contributed by atoms with E-state index in [-0.39, 0.29) is 6.10 Å². The fourth-order valence-electron chi connectivity index (χ4n) is 2.02. The lowest BCUT2D eigenvalue weighted by Gasteiger charge is -2.17. The summed E-state index contributed by atoms with van der Waals surface area (Å²) in [6, 6.07) is 10.1. The Morgan fingerprint density at radius 2 is 1.94 bits per heavy atom. The lowest BCUT2D eigenvalue weighted by molar-refractivity contribution is 0.124. The van der Waals surface area contributed by atoms with Gasteiger partial charge in [0.15, 0.2) is 5.82 Å². The number of aromatic nitrogens is 3. The van der Waals surface area contributed by atoms with Crippen molar-refractivity contribution in [1.82, 2.24) is 14.8 Å². The van der Waals surface area contributed by atoms with Gasteiger partial charge in [-0.25, -0.2) is 0 Å². The number of ether oxygens (including phenoxy) is 1. The molecule has 0 fully saturated rings. The Balaban J connectivity index is 2.31. The van der Waals surface area contributed by atoms with E-state index >= 15 is 0 Å². The Labute approximate surface area is 108 Å². The maximum atomic E-state index is 5.58. The molecular formula is C14H19N3O. The molecule has 0 amide bonds. The fourth-order valence-corrected chi connectivity index (χ4v) is 2.02. The highest BCUT2D eigenvalue weighted by molar-refractivity contribution is 5.22. The first-order valence-electron chi connectivity index (χ1n) is 6.17. The monoisotopic (exact) mass is 245 g/mol. The maximum Gasteiger partial charge on any atom is 0.166 e. The average Bonchev–Trinajstić information content (AvgIpc) is 2.79. The standard InChI is InChI=1S/C14H19N3O/c1-11(2)9-17-10-15-16-14(17)13(18-3)12-7-5-4-6-8-12/h4-8,10-11,13H,9H2,1-3H3. The van der Waals surface area contributed by atoms with Crippen LogP contribution < -0.4 is 0 Å². The van der Waals surface area contributed by atoms with Gasteiger partial charge in [0.1, 0.15) is 12.4 Å². The van der Waals surface area contributed by atoms with Crippen LogP contribution >= 0.6 is 0 Å². The molecule has 2 aromatic rings. The molecule has 0 N–H and O–H groups in total. The van der Waals surface area contributed by atoms with Gasteiger partial charge in [-0.2, -0.15) is 0 Å². The Hall–Kier alpha value is -1.68. The highest BCUT2D eigenvalue weighted by Crippen LogP contribution is 2.23. The zero-order chi connectivity index (χ0) is 13.0. The molecule has 96 valence electrons. The second kappa shape index (κ2) is 5.78. The van der Waals surface area contributed by atoms with Gasteiger partial charge >= 0.3 is 0 Å². The normalized spacial score (nSPS) is 12.9. The van der Waals surface area contributed by atoms with Gasteiger partial charge in [0.05, 0.1) is 0 Å². The van der Waals surface area contributed by atoms with Crippen molar-refractivity contribution in [3.63, 3.8) is 0 Å². The van der Waals surface area contributed by atoms with E-state index in [0.29, 0.717) is 5.92 Å². The van der Waals surface area contributed by atoms with Crippen molar-refractivity contribution >= 4 is 0 Å². The van der Waals surface area contributed by atoms with Crippen molar-refractivity contribution in [2.45, 2.75) is 26.5 Å². The van der Waals surface area contributed by atoms with Crippen LogP contribution in [-0.4, -0.2) is 21.9 Å². The molecule has 0 spiro atoms. The van der Waals surface area contributed by atoms with Crippen LogP contribution in [0.4, 0.5) is 0 Å². The molecule has 1 unspecified atom stereocenters. The van der Waals surface area contributed by atoms with Crippen LogP contribution in [0.2, 0.25) is 0 Å². The van der Waals surface area contributed by atoms with Crippen LogP contribution in [-0.2, 0) is 11.3 Å². The summed E-state index contributed by atoms with van der Waals surface area (Å²) in [4.78, 5) is 0. The number of hydrogen-bond donors (Lipinski definition) is 0. The molecule has 4 heteroatoms. The summed E-state index contributed by atoms with van der Waals surface area (Å²) in [6.07, 6.45) is 1.61. The average molecular weight is 245 g/mol. The van der Waals surface area contributed by atoms with Gasteiger partial charge in [0, 0.05) is 13.7 Å². The fraction of sp³-hybridized carbons (Fsp3) is 0.429. The molecule has 2 rings (SSSR count). The smallest absolute Gasteiger partial charge is 0.166 e. The molecule has 18 heavy (non-hydrogen) atoms. The highest BCUT2D eigenvalue weighted by Gasteiger charge is 2.19. The molecule has 0 aliphatic carbocycles. The van der Waals surface area contributed by atoms with Crippen molar-refractivity contribution in [2.75, 3.05) is 7.11 Å². The minimum Gasteiger partial charge on any atom is -0.369 e. The van der Waals surface area contributed by atoms with Gasteiger partial charge in [-0.3, -0.25) is 0 Å². The summed E-state index contributed by atoms with van der Waals surface area (Å²) in [5.74, 6) is 1.41. The molecule has 0 aliphatic heterocycles. The van der Waals surface area contributed by atoms with Crippen LogP contribution in [0, 0.1) is 5.92 Å². The first-order chi connectivity index (χ1) is 8.72. The zero-order valence-corrected chi connectivity index (χ0v) is 11.1.